The Bertz CT molecular complexity index is 750. The summed E-state index contributed by atoms with van der Waals surface area (Å²) in [6.07, 6.45) is 0. The summed E-state index contributed by atoms with van der Waals surface area (Å²) in [7, 11) is 1.46. The van der Waals surface area contributed by atoms with Crippen LogP contribution >= 0.6 is 23.2 Å². The number of nitrogens with zero attached hydrogens (tertiary/aromatic N) is 1. The third-order valence-corrected chi connectivity index (χ3v) is 3.99. The van der Waals surface area contributed by atoms with Crippen molar-refractivity contribution in [2.45, 2.75) is 6.92 Å². The smallest absolute Gasteiger partial charge is 0.139 e. The van der Waals surface area contributed by atoms with E-state index in [1.165, 1.54) is 25.3 Å². The van der Waals surface area contributed by atoms with Gasteiger partial charge >= 0.3 is 0 Å². The van der Waals surface area contributed by atoms with Crippen LogP contribution in [0.3, 0.4) is 0 Å². The molecule has 2 aromatic carbocycles. The largest absolute Gasteiger partial charge is 0.495 e. The van der Waals surface area contributed by atoms with Crippen LogP contribution in [0.2, 0.25) is 10.0 Å². The standard InChI is InChI=1S/C16H14Cl2FNO3/c1-3-23-13-8-9(19)4-5-10(13)16(20-21)11-6-7-12(22-2)15(18)14(11)17/h4-8,21H,3H2,1-2H3. The molecule has 2 rings (SSSR count). The summed E-state index contributed by atoms with van der Waals surface area (Å²) in [5.74, 6) is 0.165. The average Bonchev–Trinajstić information content (AvgIpc) is 2.54. The van der Waals surface area contributed by atoms with Gasteiger partial charge in [0.15, 0.2) is 0 Å². The number of methoxy groups -OCH3 is 1. The highest BCUT2D eigenvalue weighted by Gasteiger charge is 2.20. The SMILES string of the molecule is CCOc1cc(F)ccc1C(=NO)c1ccc(OC)c(Cl)c1Cl. The molecule has 0 unspecified atom stereocenters. The van der Waals surface area contributed by atoms with Gasteiger partial charge in [-0.2, -0.15) is 0 Å². The van der Waals surface area contributed by atoms with Gasteiger partial charge in [-0.05, 0) is 31.2 Å². The van der Waals surface area contributed by atoms with Crippen molar-refractivity contribution in [3.05, 3.63) is 57.3 Å². The summed E-state index contributed by atoms with van der Waals surface area (Å²) in [4.78, 5) is 0. The summed E-state index contributed by atoms with van der Waals surface area (Å²) < 4.78 is 23.9. The molecule has 0 fully saturated rings. The summed E-state index contributed by atoms with van der Waals surface area (Å²) in [5.41, 5.74) is 0.870. The van der Waals surface area contributed by atoms with E-state index >= 15 is 0 Å². The zero-order valence-corrected chi connectivity index (χ0v) is 14.0. The molecule has 0 atom stereocenters. The molecule has 0 aliphatic rings. The van der Waals surface area contributed by atoms with Gasteiger partial charge in [-0.1, -0.05) is 28.4 Å². The lowest BCUT2D eigenvalue weighted by Crippen LogP contribution is -2.08. The number of benzene rings is 2. The van der Waals surface area contributed by atoms with Crippen LogP contribution in [0.1, 0.15) is 18.1 Å². The van der Waals surface area contributed by atoms with Crippen molar-refractivity contribution < 1.29 is 19.1 Å². The van der Waals surface area contributed by atoms with Crippen LogP contribution < -0.4 is 9.47 Å². The predicted octanol–water partition coefficient (Wildman–Crippen LogP) is 4.77. The van der Waals surface area contributed by atoms with Gasteiger partial charge in [0.05, 0.1) is 18.7 Å². The van der Waals surface area contributed by atoms with Crippen LogP contribution in [-0.4, -0.2) is 24.6 Å². The highest BCUT2D eigenvalue weighted by atomic mass is 35.5. The second-order valence-corrected chi connectivity index (χ2v) is 5.22. The molecule has 0 spiro atoms. The second-order valence-electron chi connectivity index (χ2n) is 4.47. The van der Waals surface area contributed by atoms with Crippen molar-refractivity contribution in [2.75, 3.05) is 13.7 Å². The Kier molecular flexibility index (Phi) is 5.69. The van der Waals surface area contributed by atoms with Crippen molar-refractivity contribution >= 4 is 28.9 Å². The van der Waals surface area contributed by atoms with Gasteiger partial charge in [0.2, 0.25) is 0 Å². The maximum absolute atomic E-state index is 13.4. The van der Waals surface area contributed by atoms with E-state index in [0.29, 0.717) is 23.5 Å². The zero-order valence-electron chi connectivity index (χ0n) is 12.4. The molecule has 0 aliphatic carbocycles. The van der Waals surface area contributed by atoms with E-state index in [0.717, 1.165) is 0 Å². The molecule has 0 radical (unpaired) electrons. The number of hydrogen-bond donors (Lipinski definition) is 1. The molecule has 0 saturated carbocycles. The minimum atomic E-state index is -0.464. The highest BCUT2D eigenvalue weighted by molar-refractivity contribution is 6.45. The van der Waals surface area contributed by atoms with Crippen LogP contribution in [0, 0.1) is 5.82 Å². The van der Waals surface area contributed by atoms with E-state index < -0.39 is 5.82 Å². The number of halogens is 3. The maximum atomic E-state index is 13.4. The van der Waals surface area contributed by atoms with Gasteiger partial charge in [-0.25, -0.2) is 4.39 Å². The molecule has 1 N–H and O–H groups in total. The van der Waals surface area contributed by atoms with E-state index in [4.69, 9.17) is 32.7 Å². The summed E-state index contributed by atoms with van der Waals surface area (Å²) in [6, 6.07) is 7.09. The predicted molar refractivity (Wildman–Crippen MR) is 88.0 cm³/mol. The first-order valence-corrected chi connectivity index (χ1v) is 7.46. The van der Waals surface area contributed by atoms with Crippen molar-refractivity contribution in [1.82, 2.24) is 0 Å². The zero-order chi connectivity index (χ0) is 17.0. The van der Waals surface area contributed by atoms with E-state index in [2.05, 4.69) is 5.16 Å². The molecule has 2 aromatic rings. The molecule has 7 heteroatoms. The molecular formula is C16H14Cl2FNO3. The fraction of sp³-hybridized carbons (Fsp3) is 0.188. The Labute approximate surface area is 143 Å². The van der Waals surface area contributed by atoms with Crippen LogP contribution in [0.25, 0.3) is 0 Å². The second kappa shape index (κ2) is 7.53. The van der Waals surface area contributed by atoms with Gasteiger partial charge < -0.3 is 14.7 Å². The summed E-state index contributed by atoms with van der Waals surface area (Å²) in [6.45, 7) is 2.09. The van der Waals surface area contributed by atoms with Gasteiger partial charge in [0.25, 0.3) is 0 Å². The fourth-order valence-corrected chi connectivity index (χ4v) is 2.58. The molecule has 23 heavy (non-hydrogen) atoms. The third-order valence-electron chi connectivity index (χ3n) is 3.12. The molecular weight excluding hydrogens is 344 g/mol. The van der Waals surface area contributed by atoms with Gasteiger partial charge in [0, 0.05) is 17.2 Å². The fourth-order valence-electron chi connectivity index (χ4n) is 2.09. The Balaban J connectivity index is 2.60. The van der Waals surface area contributed by atoms with Crippen molar-refractivity contribution in [3.8, 4) is 11.5 Å². The molecule has 0 aromatic heterocycles. The van der Waals surface area contributed by atoms with Crippen LogP contribution in [0.5, 0.6) is 11.5 Å². The van der Waals surface area contributed by atoms with E-state index in [9.17, 15) is 9.60 Å². The first-order valence-electron chi connectivity index (χ1n) is 6.70. The lowest BCUT2D eigenvalue weighted by atomic mass is 10.0. The van der Waals surface area contributed by atoms with Crippen molar-refractivity contribution in [1.29, 1.82) is 0 Å². The normalized spacial score (nSPS) is 11.4. The lowest BCUT2D eigenvalue weighted by molar-refractivity contribution is 0.317. The molecule has 0 heterocycles. The highest BCUT2D eigenvalue weighted by Crippen LogP contribution is 2.36. The van der Waals surface area contributed by atoms with Crippen LogP contribution in [-0.2, 0) is 0 Å². The van der Waals surface area contributed by atoms with Crippen LogP contribution in [0.15, 0.2) is 35.5 Å². The molecule has 0 saturated heterocycles. The first-order chi connectivity index (χ1) is 11.0. The molecule has 0 bridgehead atoms. The molecule has 0 aliphatic heterocycles. The van der Waals surface area contributed by atoms with Crippen molar-refractivity contribution in [2.24, 2.45) is 5.16 Å². The number of rotatable bonds is 5. The molecule has 122 valence electrons. The van der Waals surface area contributed by atoms with Crippen molar-refractivity contribution in [3.63, 3.8) is 0 Å². The Hall–Kier alpha value is -1.98. The Morgan fingerprint density at radius 1 is 1.13 bits per heavy atom. The minimum absolute atomic E-state index is 0.114. The Morgan fingerprint density at radius 3 is 2.43 bits per heavy atom. The van der Waals surface area contributed by atoms with Gasteiger partial charge in [0.1, 0.15) is 28.1 Å². The average molecular weight is 358 g/mol. The third kappa shape index (κ3) is 3.51. The summed E-state index contributed by atoms with van der Waals surface area (Å²) >= 11 is 12.4. The monoisotopic (exact) mass is 357 g/mol. The maximum Gasteiger partial charge on any atom is 0.139 e. The molecule has 0 amide bonds. The van der Waals surface area contributed by atoms with Gasteiger partial charge in [-0.15, -0.1) is 0 Å². The summed E-state index contributed by atoms with van der Waals surface area (Å²) in [5, 5.41) is 13.1. The first kappa shape index (κ1) is 17.4. The van der Waals surface area contributed by atoms with E-state index in [1.807, 2.05) is 0 Å². The quantitative estimate of drug-likeness (QED) is 0.476. The minimum Gasteiger partial charge on any atom is -0.495 e. The Morgan fingerprint density at radius 2 is 1.83 bits per heavy atom. The lowest BCUT2D eigenvalue weighted by Gasteiger charge is -2.14. The molecule has 4 nitrogen and oxygen atoms in total. The number of ether oxygens (including phenoxy) is 2. The number of hydrogen-bond acceptors (Lipinski definition) is 4. The van der Waals surface area contributed by atoms with Crippen LogP contribution in [0.4, 0.5) is 4.39 Å². The number of oxime groups is 1. The van der Waals surface area contributed by atoms with E-state index in [-0.39, 0.29) is 21.5 Å². The van der Waals surface area contributed by atoms with Gasteiger partial charge in [-0.3, -0.25) is 0 Å². The topological polar surface area (TPSA) is 51.0 Å². The van der Waals surface area contributed by atoms with E-state index in [1.54, 1.807) is 19.1 Å².